The second kappa shape index (κ2) is 8.91. The second-order valence-corrected chi connectivity index (χ2v) is 5.95. The molecular weight excluding hydrogens is 379 g/mol. The summed E-state index contributed by atoms with van der Waals surface area (Å²) >= 11 is 0. The maximum atomic E-state index is 13.6. The number of terminal acetylenes is 1. The number of furan rings is 1. The van der Waals surface area contributed by atoms with Gasteiger partial charge in [-0.25, -0.2) is 4.39 Å². The van der Waals surface area contributed by atoms with Crippen molar-refractivity contribution in [3.8, 4) is 18.1 Å². The number of aromatic amines is 2. The number of hydrogen-bond donors (Lipinski definition) is 2. The Kier molecular flexibility index (Phi) is 6.12. The number of nitrogens with one attached hydrogen (secondary N) is 2. The number of halogens is 1. The van der Waals surface area contributed by atoms with E-state index in [2.05, 4.69) is 15.9 Å². The van der Waals surface area contributed by atoms with Crippen molar-refractivity contribution >= 4 is 12.2 Å². The van der Waals surface area contributed by atoms with Crippen LogP contribution in [0.25, 0.3) is 12.2 Å². The molecule has 2 heterocycles. The molecule has 0 saturated carbocycles. The molecular formula is C21H17FN2O5. The highest BCUT2D eigenvalue weighted by atomic mass is 19.1. The van der Waals surface area contributed by atoms with Crippen molar-refractivity contribution in [3.63, 3.8) is 0 Å². The third-order valence-corrected chi connectivity index (χ3v) is 3.82. The van der Waals surface area contributed by atoms with Gasteiger partial charge >= 0.3 is 0 Å². The molecule has 0 amide bonds. The van der Waals surface area contributed by atoms with Gasteiger partial charge in [0.05, 0.1) is 7.11 Å². The molecule has 2 aromatic heterocycles. The van der Waals surface area contributed by atoms with Gasteiger partial charge in [0.25, 0.3) is 11.1 Å². The number of ether oxygens (including phenoxy) is 2. The van der Waals surface area contributed by atoms with Crippen LogP contribution in [-0.2, 0) is 11.3 Å². The lowest BCUT2D eigenvalue weighted by Gasteiger charge is -2.01. The van der Waals surface area contributed by atoms with Crippen LogP contribution in [0.15, 0.2) is 44.3 Å². The topological polar surface area (TPSA) is 97.3 Å². The van der Waals surface area contributed by atoms with E-state index in [1.807, 2.05) is 0 Å². The van der Waals surface area contributed by atoms with Crippen molar-refractivity contribution in [2.45, 2.75) is 6.61 Å². The third kappa shape index (κ3) is 5.12. The zero-order valence-corrected chi connectivity index (χ0v) is 15.5. The largest absolute Gasteiger partial charge is 0.497 e. The van der Waals surface area contributed by atoms with Crippen LogP contribution in [0.1, 0.15) is 17.1 Å². The normalized spacial score (nSPS) is 12.2. The van der Waals surface area contributed by atoms with Crippen molar-refractivity contribution in [1.29, 1.82) is 0 Å². The minimum Gasteiger partial charge on any atom is -0.497 e. The van der Waals surface area contributed by atoms with Gasteiger partial charge in [-0.1, -0.05) is 5.92 Å². The summed E-state index contributed by atoms with van der Waals surface area (Å²) in [5, 5.41) is -0.0166. The summed E-state index contributed by atoms with van der Waals surface area (Å²) in [6.45, 7) is 0.345. The number of benzene rings is 1. The van der Waals surface area contributed by atoms with Crippen LogP contribution in [0.3, 0.4) is 0 Å². The van der Waals surface area contributed by atoms with Crippen LogP contribution in [0, 0.1) is 18.2 Å². The standard InChI is InChI=1S/C21H17FN2O5/c1-3-6-28-12-16-5-4-15(29-16)11-19-21(26)23-18(20(25)24-19)9-13-7-14(22)10-17(8-13)27-2/h1,4-5,7-11H,6,12H2,2H3,(H,23,26)(H,24,25)/b18-9-,19-11-. The molecule has 8 heteroatoms. The molecule has 0 atom stereocenters. The Morgan fingerprint density at radius 2 is 1.86 bits per heavy atom. The van der Waals surface area contributed by atoms with Gasteiger partial charge in [0, 0.05) is 12.1 Å². The molecule has 0 aliphatic rings. The lowest BCUT2D eigenvalue weighted by molar-refractivity contribution is 0.135. The number of H-pyrrole nitrogens is 2. The Hall–Kier alpha value is -3.83. The highest BCUT2D eigenvalue weighted by Gasteiger charge is 2.03. The van der Waals surface area contributed by atoms with E-state index in [0.717, 1.165) is 0 Å². The Morgan fingerprint density at radius 3 is 2.55 bits per heavy atom. The van der Waals surface area contributed by atoms with Crippen LogP contribution in [-0.4, -0.2) is 23.7 Å². The van der Waals surface area contributed by atoms with Crippen LogP contribution >= 0.6 is 0 Å². The summed E-state index contributed by atoms with van der Waals surface area (Å²) in [7, 11) is 1.40. The number of hydrogen-bond acceptors (Lipinski definition) is 5. The number of aromatic nitrogens is 2. The highest BCUT2D eigenvalue weighted by Crippen LogP contribution is 2.16. The SMILES string of the molecule is C#CCOCc1ccc(/C=c2\[nH]c(=O)/c(=C/c3cc(F)cc(OC)c3)[nH]c2=O)o1. The molecule has 3 aromatic rings. The Labute approximate surface area is 164 Å². The van der Waals surface area contributed by atoms with Crippen LogP contribution in [0.2, 0.25) is 0 Å². The predicted octanol–water partition coefficient (Wildman–Crippen LogP) is 0.611. The van der Waals surface area contributed by atoms with Gasteiger partial charge in [0.1, 0.15) is 47.0 Å². The zero-order chi connectivity index (χ0) is 20.8. The van der Waals surface area contributed by atoms with E-state index >= 15 is 0 Å². The molecule has 29 heavy (non-hydrogen) atoms. The Balaban J connectivity index is 1.95. The van der Waals surface area contributed by atoms with Gasteiger partial charge in [-0.05, 0) is 35.9 Å². The Morgan fingerprint density at radius 1 is 1.14 bits per heavy atom. The zero-order valence-electron chi connectivity index (χ0n) is 15.5. The summed E-state index contributed by atoms with van der Waals surface area (Å²) in [6, 6.07) is 7.26. The quantitative estimate of drug-likeness (QED) is 0.470. The first-order chi connectivity index (χ1) is 14.0. The average molecular weight is 396 g/mol. The molecule has 0 aliphatic carbocycles. The van der Waals surface area contributed by atoms with Gasteiger partial charge in [-0.3, -0.25) is 9.59 Å². The minimum atomic E-state index is -0.553. The van der Waals surface area contributed by atoms with E-state index in [-0.39, 0.29) is 23.9 Å². The van der Waals surface area contributed by atoms with E-state index < -0.39 is 16.9 Å². The summed E-state index contributed by atoms with van der Waals surface area (Å²) < 4.78 is 29.3. The van der Waals surface area contributed by atoms with Gasteiger partial charge in [0.2, 0.25) is 0 Å². The number of methoxy groups -OCH3 is 1. The van der Waals surface area contributed by atoms with E-state index in [1.165, 1.54) is 37.5 Å². The molecule has 0 unspecified atom stereocenters. The van der Waals surface area contributed by atoms with E-state index in [1.54, 1.807) is 12.1 Å². The lowest BCUT2D eigenvalue weighted by atomic mass is 10.2. The molecule has 0 radical (unpaired) electrons. The third-order valence-electron chi connectivity index (χ3n) is 3.82. The molecule has 3 rings (SSSR count). The molecule has 1 aromatic carbocycles. The fourth-order valence-electron chi connectivity index (χ4n) is 2.55. The first-order valence-corrected chi connectivity index (χ1v) is 8.49. The molecule has 7 nitrogen and oxygen atoms in total. The van der Waals surface area contributed by atoms with Crippen LogP contribution < -0.4 is 26.6 Å². The maximum Gasteiger partial charge on any atom is 0.272 e. The summed E-state index contributed by atoms with van der Waals surface area (Å²) in [4.78, 5) is 29.6. The summed E-state index contributed by atoms with van der Waals surface area (Å²) in [5.41, 5.74) is -0.730. The second-order valence-electron chi connectivity index (χ2n) is 5.95. The van der Waals surface area contributed by atoms with Gasteiger partial charge in [-0.15, -0.1) is 6.42 Å². The van der Waals surface area contributed by atoms with E-state index in [9.17, 15) is 14.0 Å². The molecule has 0 saturated heterocycles. The first kappa shape index (κ1) is 19.9. The molecule has 148 valence electrons. The fourth-order valence-corrected chi connectivity index (χ4v) is 2.55. The maximum absolute atomic E-state index is 13.6. The van der Waals surface area contributed by atoms with Gasteiger partial charge in [0.15, 0.2) is 0 Å². The fraction of sp³-hybridized carbons (Fsp3) is 0.143. The summed E-state index contributed by atoms with van der Waals surface area (Å²) in [6.07, 6.45) is 7.84. The minimum absolute atomic E-state index is 0.00872. The Bertz CT molecular complexity index is 1290. The molecule has 0 fully saturated rings. The van der Waals surface area contributed by atoms with Crippen molar-refractivity contribution in [2.75, 3.05) is 13.7 Å². The molecule has 0 bridgehead atoms. The van der Waals surface area contributed by atoms with Crippen molar-refractivity contribution in [2.24, 2.45) is 0 Å². The molecule has 0 aliphatic heterocycles. The van der Waals surface area contributed by atoms with Gasteiger partial charge in [-0.2, -0.15) is 0 Å². The van der Waals surface area contributed by atoms with E-state index in [0.29, 0.717) is 22.8 Å². The summed E-state index contributed by atoms with van der Waals surface area (Å²) in [5.74, 6) is 2.99. The first-order valence-electron chi connectivity index (χ1n) is 8.49. The van der Waals surface area contributed by atoms with Crippen molar-refractivity contribution in [1.82, 2.24) is 9.97 Å². The lowest BCUT2D eigenvalue weighted by Crippen LogP contribution is -2.46. The smallest absolute Gasteiger partial charge is 0.272 e. The van der Waals surface area contributed by atoms with Crippen LogP contribution in [0.4, 0.5) is 4.39 Å². The average Bonchev–Trinajstić information content (AvgIpc) is 3.13. The van der Waals surface area contributed by atoms with E-state index in [4.69, 9.17) is 20.3 Å². The monoisotopic (exact) mass is 396 g/mol. The van der Waals surface area contributed by atoms with Crippen molar-refractivity contribution < 1.29 is 18.3 Å². The molecule has 0 spiro atoms. The van der Waals surface area contributed by atoms with Gasteiger partial charge < -0.3 is 23.9 Å². The number of rotatable bonds is 6. The van der Waals surface area contributed by atoms with Crippen LogP contribution in [0.5, 0.6) is 5.75 Å². The predicted molar refractivity (Wildman–Crippen MR) is 104 cm³/mol. The highest BCUT2D eigenvalue weighted by molar-refractivity contribution is 5.51. The molecule has 2 N–H and O–H groups in total. The van der Waals surface area contributed by atoms with Crippen molar-refractivity contribution in [3.05, 3.63) is 84.6 Å².